The van der Waals surface area contributed by atoms with Gasteiger partial charge in [0.05, 0.1) is 6.54 Å². The number of hydrogen-bond donors (Lipinski definition) is 1. The maximum atomic E-state index is 12.2. The van der Waals surface area contributed by atoms with Crippen LogP contribution in [0.2, 0.25) is 0 Å². The highest BCUT2D eigenvalue weighted by Gasteiger charge is 2.32. The van der Waals surface area contributed by atoms with Crippen LogP contribution in [0.1, 0.15) is 51.3 Å². The summed E-state index contributed by atoms with van der Waals surface area (Å²) in [4.78, 5) is 13.4. The summed E-state index contributed by atoms with van der Waals surface area (Å²) in [5.74, 6) is 1.22. The average Bonchev–Trinajstić information content (AvgIpc) is 2.81. The Bertz CT molecular complexity index is 455. The van der Waals surface area contributed by atoms with Gasteiger partial charge in [0.25, 0.3) is 0 Å². The van der Waals surface area contributed by atoms with E-state index in [-0.39, 0.29) is 11.8 Å². The minimum Gasteiger partial charge on any atom is -0.351 e. The predicted octanol–water partition coefficient (Wildman–Crippen LogP) is 4.98. The van der Waals surface area contributed by atoms with E-state index in [1.165, 1.54) is 17.7 Å². The van der Waals surface area contributed by atoms with Crippen LogP contribution in [0.4, 0.5) is 0 Å². The van der Waals surface area contributed by atoms with E-state index in [9.17, 15) is 4.79 Å². The smallest absolute Gasteiger partial charge is 0.223 e. The second-order valence-electron chi connectivity index (χ2n) is 6.86. The van der Waals surface area contributed by atoms with E-state index >= 15 is 0 Å². The molecule has 1 aromatic rings. The molecule has 1 fully saturated rings. The van der Waals surface area contributed by atoms with Crippen molar-refractivity contribution in [3.05, 3.63) is 20.8 Å². The van der Waals surface area contributed by atoms with Crippen LogP contribution < -0.4 is 5.32 Å². The van der Waals surface area contributed by atoms with Gasteiger partial charge in [0.2, 0.25) is 5.91 Å². The fourth-order valence-corrected chi connectivity index (χ4v) is 4.38. The lowest BCUT2D eigenvalue weighted by Crippen LogP contribution is -2.34. The van der Waals surface area contributed by atoms with Gasteiger partial charge in [-0.25, -0.2) is 0 Å². The standard InChI is InChI=1S/C16H24BrNOS/c1-16(2,3)12-6-4-11(5-7-12)15(19)18-9-14-8-13(17)10-20-14/h8,10-12H,4-7,9H2,1-3H3,(H,18,19). The van der Waals surface area contributed by atoms with Crippen molar-refractivity contribution in [1.29, 1.82) is 0 Å². The summed E-state index contributed by atoms with van der Waals surface area (Å²) in [7, 11) is 0. The monoisotopic (exact) mass is 357 g/mol. The minimum absolute atomic E-state index is 0.219. The number of nitrogens with one attached hydrogen (secondary N) is 1. The van der Waals surface area contributed by atoms with Crippen LogP contribution in [0.3, 0.4) is 0 Å². The fraction of sp³-hybridized carbons (Fsp3) is 0.688. The quantitative estimate of drug-likeness (QED) is 0.811. The van der Waals surface area contributed by atoms with Gasteiger partial charge in [-0.3, -0.25) is 4.79 Å². The Morgan fingerprint density at radius 2 is 2.00 bits per heavy atom. The zero-order valence-corrected chi connectivity index (χ0v) is 14.9. The first-order valence-electron chi connectivity index (χ1n) is 7.37. The fourth-order valence-electron chi connectivity index (χ4n) is 2.99. The second kappa shape index (κ2) is 6.61. The molecule has 0 aliphatic heterocycles. The molecule has 1 amide bonds. The molecular weight excluding hydrogens is 334 g/mol. The number of carbonyl (C=O) groups is 1. The van der Waals surface area contributed by atoms with Crippen LogP contribution >= 0.6 is 27.3 Å². The SMILES string of the molecule is CC(C)(C)C1CCC(C(=O)NCc2cc(Br)cs2)CC1. The molecule has 1 heterocycles. The first kappa shape index (κ1) is 16.0. The minimum atomic E-state index is 0.219. The van der Waals surface area contributed by atoms with E-state index in [1.54, 1.807) is 11.3 Å². The van der Waals surface area contributed by atoms with Gasteiger partial charge in [-0.1, -0.05) is 20.8 Å². The Kier molecular flexibility index (Phi) is 5.30. The number of halogens is 1. The largest absolute Gasteiger partial charge is 0.351 e. The summed E-state index contributed by atoms with van der Waals surface area (Å²) in [6.45, 7) is 7.60. The third kappa shape index (κ3) is 4.32. The Morgan fingerprint density at radius 1 is 1.35 bits per heavy atom. The van der Waals surface area contributed by atoms with E-state index in [1.807, 2.05) is 0 Å². The molecule has 1 aliphatic carbocycles. The van der Waals surface area contributed by atoms with Crippen molar-refractivity contribution in [2.75, 3.05) is 0 Å². The number of thiophene rings is 1. The van der Waals surface area contributed by atoms with E-state index in [0.29, 0.717) is 12.0 Å². The molecule has 20 heavy (non-hydrogen) atoms. The van der Waals surface area contributed by atoms with Crippen LogP contribution in [0.5, 0.6) is 0 Å². The molecule has 0 saturated heterocycles. The Balaban J connectivity index is 1.77. The number of hydrogen-bond acceptors (Lipinski definition) is 2. The highest BCUT2D eigenvalue weighted by atomic mass is 79.9. The zero-order chi connectivity index (χ0) is 14.8. The van der Waals surface area contributed by atoms with Gasteiger partial charge in [0, 0.05) is 20.6 Å². The molecule has 0 radical (unpaired) electrons. The van der Waals surface area contributed by atoms with Gasteiger partial charge in [0.15, 0.2) is 0 Å². The third-order valence-electron chi connectivity index (χ3n) is 4.38. The molecular formula is C16H24BrNOS. The zero-order valence-electron chi connectivity index (χ0n) is 12.5. The molecule has 0 atom stereocenters. The van der Waals surface area contributed by atoms with Gasteiger partial charge in [-0.15, -0.1) is 11.3 Å². The lowest BCUT2D eigenvalue weighted by molar-refractivity contribution is -0.126. The van der Waals surface area contributed by atoms with Gasteiger partial charge in [-0.2, -0.15) is 0 Å². The van der Waals surface area contributed by atoms with Crippen molar-refractivity contribution < 1.29 is 4.79 Å². The summed E-state index contributed by atoms with van der Waals surface area (Å²) < 4.78 is 1.09. The predicted molar refractivity (Wildman–Crippen MR) is 88.8 cm³/mol. The van der Waals surface area contributed by atoms with Crippen molar-refractivity contribution in [3.8, 4) is 0 Å². The van der Waals surface area contributed by atoms with Gasteiger partial charge in [-0.05, 0) is 59.0 Å². The summed E-state index contributed by atoms with van der Waals surface area (Å²) in [6.07, 6.45) is 4.46. The summed E-state index contributed by atoms with van der Waals surface area (Å²) in [5.41, 5.74) is 0.380. The van der Waals surface area contributed by atoms with Crippen LogP contribution in [0, 0.1) is 17.3 Å². The first-order valence-corrected chi connectivity index (χ1v) is 9.04. The molecule has 112 valence electrons. The molecule has 1 aromatic heterocycles. The van der Waals surface area contributed by atoms with Gasteiger partial charge >= 0.3 is 0 Å². The average molecular weight is 358 g/mol. The van der Waals surface area contributed by atoms with Crippen molar-refractivity contribution in [2.24, 2.45) is 17.3 Å². The molecule has 2 nitrogen and oxygen atoms in total. The first-order chi connectivity index (χ1) is 9.36. The molecule has 2 rings (SSSR count). The summed E-state index contributed by atoms with van der Waals surface area (Å²) >= 11 is 5.12. The van der Waals surface area contributed by atoms with Crippen molar-refractivity contribution in [1.82, 2.24) is 5.32 Å². The molecule has 1 saturated carbocycles. The topological polar surface area (TPSA) is 29.1 Å². The van der Waals surface area contributed by atoms with Crippen LogP contribution in [0.15, 0.2) is 15.9 Å². The molecule has 4 heteroatoms. The lowest BCUT2D eigenvalue weighted by Gasteiger charge is -2.36. The van der Waals surface area contributed by atoms with Gasteiger partial charge in [0.1, 0.15) is 0 Å². The van der Waals surface area contributed by atoms with Crippen molar-refractivity contribution in [2.45, 2.75) is 53.0 Å². The second-order valence-corrected chi connectivity index (χ2v) is 8.78. The Hall–Kier alpha value is -0.350. The lowest BCUT2D eigenvalue weighted by atomic mass is 9.70. The number of rotatable bonds is 3. The summed E-state index contributed by atoms with van der Waals surface area (Å²) in [6, 6.07) is 2.07. The molecule has 0 unspecified atom stereocenters. The molecule has 0 spiro atoms. The molecule has 0 bridgehead atoms. The summed E-state index contributed by atoms with van der Waals surface area (Å²) in [5, 5.41) is 5.14. The van der Waals surface area contributed by atoms with E-state index in [0.717, 1.165) is 23.2 Å². The van der Waals surface area contributed by atoms with E-state index < -0.39 is 0 Å². The third-order valence-corrected chi connectivity index (χ3v) is 6.08. The maximum absolute atomic E-state index is 12.2. The van der Waals surface area contributed by atoms with E-state index in [4.69, 9.17) is 0 Å². The normalized spacial score (nSPS) is 23.6. The highest BCUT2D eigenvalue weighted by Crippen LogP contribution is 2.39. The highest BCUT2D eigenvalue weighted by molar-refractivity contribution is 9.10. The van der Waals surface area contributed by atoms with E-state index in [2.05, 4.69) is 53.5 Å². The van der Waals surface area contributed by atoms with Crippen LogP contribution in [-0.4, -0.2) is 5.91 Å². The van der Waals surface area contributed by atoms with Crippen molar-refractivity contribution >= 4 is 33.2 Å². The molecule has 1 N–H and O–H groups in total. The molecule has 0 aromatic carbocycles. The van der Waals surface area contributed by atoms with Gasteiger partial charge < -0.3 is 5.32 Å². The van der Waals surface area contributed by atoms with Crippen LogP contribution in [0.25, 0.3) is 0 Å². The Morgan fingerprint density at radius 3 is 2.50 bits per heavy atom. The number of amides is 1. The van der Waals surface area contributed by atoms with Crippen molar-refractivity contribution in [3.63, 3.8) is 0 Å². The Labute approximate surface area is 134 Å². The maximum Gasteiger partial charge on any atom is 0.223 e. The van der Waals surface area contributed by atoms with Crippen LogP contribution in [-0.2, 0) is 11.3 Å². The number of carbonyl (C=O) groups excluding carboxylic acids is 1. The molecule has 1 aliphatic rings.